The van der Waals surface area contributed by atoms with Crippen LogP contribution in [0.15, 0.2) is 18.2 Å². The molecule has 1 aliphatic heterocycles. The molecule has 1 N–H and O–H groups in total. The molecule has 1 amide bonds. The second-order valence-electron chi connectivity index (χ2n) is 5.49. The molecule has 124 valence electrons. The Morgan fingerprint density at radius 2 is 1.74 bits per heavy atom. The van der Waals surface area contributed by atoms with Gasteiger partial charge in [-0.2, -0.15) is 0 Å². The van der Waals surface area contributed by atoms with Gasteiger partial charge >= 0.3 is 0 Å². The lowest BCUT2D eigenvalue weighted by Crippen LogP contribution is -2.33. The van der Waals surface area contributed by atoms with Crippen LogP contribution >= 0.6 is 0 Å². The zero-order valence-electron chi connectivity index (χ0n) is 12.7. The quantitative estimate of drug-likeness (QED) is 0.757. The van der Waals surface area contributed by atoms with Gasteiger partial charge in [-0.15, -0.1) is 0 Å². The summed E-state index contributed by atoms with van der Waals surface area (Å²) in [6.45, 7) is 1.58. The van der Waals surface area contributed by atoms with E-state index in [-0.39, 0.29) is 18.4 Å². The second kappa shape index (κ2) is 7.62. The molecule has 7 nitrogen and oxygen atoms in total. The molecule has 7 heteroatoms. The Morgan fingerprint density at radius 3 is 2.35 bits per heavy atom. The molecule has 1 saturated heterocycles. The summed E-state index contributed by atoms with van der Waals surface area (Å²) in [7, 11) is 0. The van der Waals surface area contributed by atoms with Crippen molar-refractivity contribution in [3.8, 4) is 0 Å². The third-order valence-corrected chi connectivity index (χ3v) is 3.75. The summed E-state index contributed by atoms with van der Waals surface area (Å²) >= 11 is 0. The van der Waals surface area contributed by atoms with Crippen molar-refractivity contribution in [1.82, 2.24) is 0 Å². The number of hydrogen-bond donors (Lipinski definition) is 1. The smallest absolute Gasteiger partial charge is 0.224 e. The van der Waals surface area contributed by atoms with Gasteiger partial charge in [0.15, 0.2) is 0 Å². The number of aliphatic carboxylic acids is 1. The predicted molar refractivity (Wildman–Crippen MR) is 79.7 cm³/mol. The van der Waals surface area contributed by atoms with Crippen LogP contribution in [0.1, 0.15) is 42.5 Å². The minimum atomic E-state index is -1.31. The van der Waals surface area contributed by atoms with E-state index in [1.54, 1.807) is 12.1 Å². The van der Waals surface area contributed by atoms with E-state index >= 15 is 0 Å². The summed E-state index contributed by atoms with van der Waals surface area (Å²) in [5.74, 6) is -3.13. The molecule has 0 aliphatic carbocycles. The molecular weight excluding hydrogens is 300 g/mol. The molecule has 0 aromatic heterocycles. The van der Waals surface area contributed by atoms with Crippen molar-refractivity contribution in [2.75, 3.05) is 23.3 Å². The summed E-state index contributed by atoms with van der Waals surface area (Å²) in [4.78, 5) is 35.3. The lowest BCUT2D eigenvalue weighted by Gasteiger charge is -2.31. The van der Waals surface area contributed by atoms with Gasteiger partial charge in [-0.3, -0.25) is 4.79 Å². The monoisotopic (exact) mass is 318 g/mol. The molecule has 0 bridgehead atoms. The number of benzene rings is 1. The van der Waals surface area contributed by atoms with Crippen LogP contribution in [0.5, 0.6) is 0 Å². The highest BCUT2D eigenvalue weighted by Gasteiger charge is 2.16. The molecule has 2 rings (SSSR count). The Labute approximate surface area is 133 Å². The highest BCUT2D eigenvalue weighted by molar-refractivity contribution is 5.97. The minimum absolute atomic E-state index is 0.0181. The average molecular weight is 318 g/mol. The summed E-state index contributed by atoms with van der Waals surface area (Å²) in [5.41, 5.74) is 0.898. The summed E-state index contributed by atoms with van der Waals surface area (Å²) in [5, 5.41) is 24.2. The first kappa shape index (κ1) is 16.8. The summed E-state index contributed by atoms with van der Waals surface area (Å²) in [6.07, 6.45) is 2.54. The van der Waals surface area contributed by atoms with Gasteiger partial charge in [0.25, 0.3) is 0 Å². The van der Waals surface area contributed by atoms with Crippen LogP contribution in [-0.2, 0) is 9.59 Å². The van der Waals surface area contributed by atoms with Crippen LogP contribution in [0.2, 0.25) is 0 Å². The Balaban J connectivity index is 2.13. The van der Waals surface area contributed by atoms with Crippen molar-refractivity contribution >= 4 is 29.2 Å². The van der Waals surface area contributed by atoms with E-state index in [2.05, 4.69) is 5.32 Å². The zero-order valence-corrected chi connectivity index (χ0v) is 12.7. The molecule has 0 unspecified atom stereocenters. The SMILES string of the molecule is O=C([O-])CCC(=O)Nc1ccc(N2CCCCC2)c(C(=O)[O-])c1. The summed E-state index contributed by atoms with van der Waals surface area (Å²) in [6, 6.07) is 4.59. The average Bonchev–Trinajstić information content (AvgIpc) is 2.53. The first-order chi connectivity index (χ1) is 11.0. The minimum Gasteiger partial charge on any atom is -0.550 e. The van der Waals surface area contributed by atoms with Gasteiger partial charge < -0.3 is 30.0 Å². The van der Waals surface area contributed by atoms with Crippen LogP contribution < -0.4 is 20.4 Å². The van der Waals surface area contributed by atoms with Crippen molar-refractivity contribution < 1.29 is 24.6 Å². The van der Waals surface area contributed by atoms with Crippen LogP contribution in [0, 0.1) is 0 Å². The van der Waals surface area contributed by atoms with Gasteiger partial charge in [0.05, 0.1) is 5.97 Å². The van der Waals surface area contributed by atoms with Crippen molar-refractivity contribution in [2.24, 2.45) is 0 Å². The van der Waals surface area contributed by atoms with E-state index in [0.29, 0.717) is 11.4 Å². The van der Waals surface area contributed by atoms with Crippen molar-refractivity contribution in [3.05, 3.63) is 23.8 Å². The molecule has 0 atom stereocenters. The maximum atomic E-state index is 11.6. The van der Waals surface area contributed by atoms with E-state index in [4.69, 9.17) is 0 Å². The number of hydrogen-bond acceptors (Lipinski definition) is 6. The second-order valence-corrected chi connectivity index (χ2v) is 5.49. The lowest BCUT2D eigenvalue weighted by molar-refractivity contribution is -0.305. The molecule has 0 spiro atoms. The Morgan fingerprint density at radius 1 is 1.04 bits per heavy atom. The third kappa shape index (κ3) is 4.70. The van der Waals surface area contributed by atoms with E-state index in [0.717, 1.165) is 32.4 Å². The molecule has 0 radical (unpaired) electrons. The van der Waals surface area contributed by atoms with Crippen molar-refractivity contribution in [2.45, 2.75) is 32.1 Å². The number of carbonyl (C=O) groups is 3. The Kier molecular flexibility index (Phi) is 5.56. The van der Waals surface area contributed by atoms with E-state index in [1.165, 1.54) is 6.07 Å². The highest BCUT2D eigenvalue weighted by Crippen LogP contribution is 2.26. The molecule has 1 heterocycles. The normalized spacial score (nSPS) is 14.3. The number of nitrogens with zero attached hydrogens (tertiary/aromatic N) is 1. The summed E-state index contributed by atoms with van der Waals surface area (Å²) < 4.78 is 0. The van der Waals surface area contributed by atoms with Gasteiger partial charge in [0.1, 0.15) is 0 Å². The fourth-order valence-electron chi connectivity index (χ4n) is 2.63. The number of nitrogens with one attached hydrogen (secondary N) is 1. The van der Waals surface area contributed by atoms with Gasteiger partial charge in [-0.25, -0.2) is 0 Å². The maximum absolute atomic E-state index is 11.6. The van der Waals surface area contributed by atoms with Crippen molar-refractivity contribution in [1.29, 1.82) is 0 Å². The highest BCUT2D eigenvalue weighted by atomic mass is 16.4. The predicted octanol–water partition coefficient (Wildman–Crippen LogP) is -0.491. The molecule has 1 aromatic carbocycles. The molecule has 23 heavy (non-hydrogen) atoms. The van der Waals surface area contributed by atoms with Gasteiger partial charge in [-0.1, -0.05) is 0 Å². The zero-order chi connectivity index (χ0) is 16.8. The first-order valence-corrected chi connectivity index (χ1v) is 7.57. The van der Waals surface area contributed by atoms with Crippen LogP contribution in [0.25, 0.3) is 0 Å². The van der Waals surface area contributed by atoms with Crippen LogP contribution in [-0.4, -0.2) is 30.9 Å². The number of carboxylic acids is 2. The topological polar surface area (TPSA) is 113 Å². The standard InChI is InChI=1S/C16H20N2O5/c19-14(6-7-15(20)21)17-11-4-5-13(12(10-11)16(22)23)18-8-2-1-3-9-18/h4-5,10H,1-3,6-9H2,(H,17,19)(H,20,21)(H,22,23)/p-2. The van der Waals surface area contributed by atoms with Crippen LogP contribution in [0.4, 0.5) is 11.4 Å². The number of piperidine rings is 1. The number of amides is 1. The number of carbonyl (C=O) groups excluding carboxylic acids is 3. The van der Waals surface area contributed by atoms with E-state index in [9.17, 15) is 24.6 Å². The molecular formula is C16H18N2O5-2. The fourth-order valence-corrected chi connectivity index (χ4v) is 2.63. The van der Waals surface area contributed by atoms with Gasteiger partial charge in [-0.05, 0) is 43.9 Å². The third-order valence-electron chi connectivity index (χ3n) is 3.75. The van der Waals surface area contributed by atoms with E-state index < -0.39 is 17.8 Å². The van der Waals surface area contributed by atoms with Gasteiger partial charge in [0, 0.05) is 42.4 Å². The number of carboxylic acid groups (broad SMARTS) is 2. The molecule has 1 fully saturated rings. The Hall–Kier alpha value is -2.57. The number of rotatable bonds is 6. The lowest BCUT2D eigenvalue weighted by atomic mass is 10.1. The largest absolute Gasteiger partial charge is 0.550 e. The maximum Gasteiger partial charge on any atom is 0.224 e. The number of aromatic carboxylic acids is 1. The van der Waals surface area contributed by atoms with E-state index in [1.807, 2.05) is 4.90 Å². The van der Waals surface area contributed by atoms with Crippen LogP contribution in [0.3, 0.4) is 0 Å². The molecule has 1 aromatic rings. The Bertz CT molecular complexity index is 608. The number of anilines is 2. The molecule has 1 aliphatic rings. The van der Waals surface area contributed by atoms with Gasteiger partial charge in [0.2, 0.25) is 5.91 Å². The molecule has 0 saturated carbocycles. The van der Waals surface area contributed by atoms with Crippen molar-refractivity contribution in [3.63, 3.8) is 0 Å². The fraction of sp³-hybridized carbons (Fsp3) is 0.438. The first-order valence-electron chi connectivity index (χ1n) is 7.57.